The SMILES string of the molecule is CC(C)(C)NC(=O)O[C@@H]1CCCN(Cc2ccccc2)C1. The van der Waals surface area contributed by atoms with Crippen molar-refractivity contribution in [2.75, 3.05) is 13.1 Å². The van der Waals surface area contributed by atoms with Gasteiger partial charge >= 0.3 is 6.09 Å². The predicted octanol–water partition coefficient (Wildman–Crippen LogP) is 3.18. The quantitative estimate of drug-likeness (QED) is 0.929. The second kappa shape index (κ2) is 6.94. The van der Waals surface area contributed by atoms with E-state index in [1.54, 1.807) is 0 Å². The summed E-state index contributed by atoms with van der Waals surface area (Å²) in [6, 6.07) is 10.4. The molecule has 0 aliphatic carbocycles. The Bertz CT molecular complexity index is 454. The summed E-state index contributed by atoms with van der Waals surface area (Å²) in [6.07, 6.45) is 1.70. The molecule has 4 nitrogen and oxygen atoms in total. The van der Waals surface area contributed by atoms with Gasteiger partial charge in [-0.2, -0.15) is 0 Å². The zero-order valence-corrected chi connectivity index (χ0v) is 13.3. The number of carbonyl (C=O) groups excluding carboxylic acids is 1. The van der Waals surface area contributed by atoms with E-state index in [0.29, 0.717) is 0 Å². The fourth-order valence-electron chi connectivity index (χ4n) is 2.58. The molecule has 21 heavy (non-hydrogen) atoms. The summed E-state index contributed by atoms with van der Waals surface area (Å²) in [7, 11) is 0. The van der Waals surface area contributed by atoms with E-state index in [9.17, 15) is 4.79 Å². The van der Waals surface area contributed by atoms with Crippen LogP contribution in [0, 0.1) is 0 Å². The predicted molar refractivity (Wildman–Crippen MR) is 84.1 cm³/mol. The van der Waals surface area contributed by atoms with Crippen LogP contribution in [0.2, 0.25) is 0 Å². The Morgan fingerprint density at radius 2 is 2.05 bits per heavy atom. The molecule has 116 valence electrons. The number of nitrogens with one attached hydrogen (secondary N) is 1. The number of rotatable bonds is 3. The topological polar surface area (TPSA) is 41.6 Å². The zero-order valence-electron chi connectivity index (χ0n) is 13.3. The van der Waals surface area contributed by atoms with Gasteiger partial charge in [-0.05, 0) is 45.7 Å². The summed E-state index contributed by atoms with van der Waals surface area (Å²) >= 11 is 0. The minimum Gasteiger partial charge on any atom is -0.445 e. The highest BCUT2D eigenvalue weighted by molar-refractivity contribution is 5.68. The van der Waals surface area contributed by atoms with Crippen LogP contribution in [0.5, 0.6) is 0 Å². The number of hydrogen-bond donors (Lipinski definition) is 1. The highest BCUT2D eigenvalue weighted by atomic mass is 16.6. The van der Waals surface area contributed by atoms with E-state index in [4.69, 9.17) is 4.74 Å². The molecule has 1 N–H and O–H groups in total. The second-order valence-electron chi connectivity index (χ2n) is 6.77. The first-order chi connectivity index (χ1) is 9.92. The lowest BCUT2D eigenvalue weighted by atomic mass is 10.1. The molecular weight excluding hydrogens is 264 g/mol. The number of ether oxygens (including phenoxy) is 1. The summed E-state index contributed by atoms with van der Waals surface area (Å²) < 4.78 is 5.54. The third kappa shape index (κ3) is 5.76. The molecule has 1 atom stereocenters. The van der Waals surface area contributed by atoms with Gasteiger partial charge in [0.25, 0.3) is 0 Å². The molecule has 0 bridgehead atoms. The standard InChI is InChI=1S/C17H26N2O2/c1-17(2,3)18-16(20)21-15-10-7-11-19(13-15)12-14-8-5-4-6-9-14/h4-6,8-9,15H,7,10-13H2,1-3H3,(H,18,20)/t15-/m1/s1. The number of benzene rings is 1. The van der Waals surface area contributed by atoms with E-state index < -0.39 is 0 Å². The van der Waals surface area contributed by atoms with Crippen molar-refractivity contribution in [3.63, 3.8) is 0 Å². The van der Waals surface area contributed by atoms with Crippen LogP contribution in [0.4, 0.5) is 4.79 Å². The van der Waals surface area contributed by atoms with Crippen molar-refractivity contribution in [1.29, 1.82) is 0 Å². The van der Waals surface area contributed by atoms with Crippen LogP contribution in [0.1, 0.15) is 39.2 Å². The highest BCUT2D eigenvalue weighted by Gasteiger charge is 2.24. The maximum absolute atomic E-state index is 11.8. The van der Waals surface area contributed by atoms with Gasteiger partial charge in [0.2, 0.25) is 0 Å². The van der Waals surface area contributed by atoms with E-state index in [1.165, 1.54) is 5.56 Å². The first kappa shape index (κ1) is 15.8. The molecule has 1 aliphatic rings. The van der Waals surface area contributed by atoms with Crippen molar-refractivity contribution < 1.29 is 9.53 Å². The van der Waals surface area contributed by atoms with Gasteiger partial charge in [0.05, 0.1) is 0 Å². The maximum Gasteiger partial charge on any atom is 0.407 e. The lowest BCUT2D eigenvalue weighted by Gasteiger charge is -2.33. The van der Waals surface area contributed by atoms with Gasteiger partial charge in [0.15, 0.2) is 0 Å². The second-order valence-corrected chi connectivity index (χ2v) is 6.77. The summed E-state index contributed by atoms with van der Waals surface area (Å²) in [5.41, 5.74) is 1.05. The normalized spacial score (nSPS) is 20.0. The van der Waals surface area contributed by atoms with Gasteiger partial charge in [-0.25, -0.2) is 4.79 Å². The fraction of sp³-hybridized carbons (Fsp3) is 0.588. The first-order valence-corrected chi connectivity index (χ1v) is 7.67. The van der Waals surface area contributed by atoms with Crippen LogP contribution < -0.4 is 5.32 Å². The molecule has 1 amide bonds. The number of nitrogens with zero attached hydrogens (tertiary/aromatic N) is 1. The molecule has 1 aliphatic heterocycles. The number of carbonyl (C=O) groups is 1. The summed E-state index contributed by atoms with van der Waals surface area (Å²) in [4.78, 5) is 14.2. The lowest BCUT2D eigenvalue weighted by molar-refractivity contribution is 0.0366. The Morgan fingerprint density at radius 3 is 2.71 bits per heavy atom. The summed E-state index contributed by atoms with van der Waals surface area (Å²) in [6.45, 7) is 8.66. The van der Waals surface area contributed by atoms with Gasteiger partial charge in [-0.3, -0.25) is 4.90 Å². The summed E-state index contributed by atoms with van der Waals surface area (Å²) in [5, 5.41) is 2.85. The minimum atomic E-state index is -0.311. The van der Waals surface area contributed by atoms with Crippen LogP contribution >= 0.6 is 0 Å². The molecule has 1 aromatic rings. The van der Waals surface area contributed by atoms with Crippen LogP contribution in [-0.4, -0.2) is 35.7 Å². The van der Waals surface area contributed by atoms with Crippen LogP contribution in [-0.2, 0) is 11.3 Å². The maximum atomic E-state index is 11.8. The Balaban J connectivity index is 1.82. The molecule has 1 fully saturated rings. The van der Waals surface area contributed by atoms with E-state index in [0.717, 1.165) is 32.5 Å². The molecule has 0 radical (unpaired) electrons. The Labute approximate surface area is 127 Å². The molecule has 1 aromatic carbocycles. The molecule has 0 unspecified atom stereocenters. The molecule has 1 saturated heterocycles. The van der Waals surface area contributed by atoms with Crippen molar-refractivity contribution in [2.24, 2.45) is 0 Å². The van der Waals surface area contributed by atoms with Gasteiger partial charge in [-0.15, -0.1) is 0 Å². The van der Waals surface area contributed by atoms with E-state index >= 15 is 0 Å². The van der Waals surface area contributed by atoms with Crippen LogP contribution in [0.25, 0.3) is 0 Å². The van der Waals surface area contributed by atoms with Gasteiger partial charge < -0.3 is 10.1 Å². The Morgan fingerprint density at radius 1 is 1.33 bits per heavy atom. The molecule has 2 rings (SSSR count). The monoisotopic (exact) mass is 290 g/mol. The zero-order chi connectivity index (χ0) is 15.3. The van der Waals surface area contributed by atoms with Crippen molar-refractivity contribution in [1.82, 2.24) is 10.2 Å². The number of likely N-dealkylation sites (tertiary alicyclic amines) is 1. The number of amides is 1. The Kier molecular flexibility index (Phi) is 5.23. The molecule has 4 heteroatoms. The van der Waals surface area contributed by atoms with E-state index in [-0.39, 0.29) is 17.7 Å². The van der Waals surface area contributed by atoms with E-state index in [2.05, 4.69) is 34.5 Å². The lowest BCUT2D eigenvalue weighted by Crippen LogP contribution is -2.45. The fourth-order valence-corrected chi connectivity index (χ4v) is 2.58. The molecule has 0 saturated carbocycles. The van der Waals surface area contributed by atoms with Crippen molar-refractivity contribution in [3.05, 3.63) is 35.9 Å². The number of piperidine rings is 1. The van der Waals surface area contributed by atoms with Crippen molar-refractivity contribution >= 4 is 6.09 Å². The van der Waals surface area contributed by atoms with Crippen LogP contribution in [0.3, 0.4) is 0 Å². The average Bonchev–Trinajstić information content (AvgIpc) is 2.38. The number of hydrogen-bond acceptors (Lipinski definition) is 3. The molecule has 0 aromatic heterocycles. The van der Waals surface area contributed by atoms with Crippen molar-refractivity contribution in [2.45, 2.75) is 51.8 Å². The third-order valence-corrected chi connectivity index (χ3v) is 3.46. The van der Waals surface area contributed by atoms with Gasteiger partial charge in [-0.1, -0.05) is 30.3 Å². The highest BCUT2D eigenvalue weighted by Crippen LogP contribution is 2.16. The smallest absolute Gasteiger partial charge is 0.407 e. The first-order valence-electron chi connectivity index (χ1n) is 7.67. The van der Waals surface area contributed by atoms with Crippen LogP contribution in [0.15, 0.2) is 30.3 Å². The number of alkyl carbamates (subject to hydrolysis) is 1. The van der Waals surface area contributed by atoms with Gasteiger partial charge in [0, 0.05) is 18.6 Å². The average molecular weight is 290 g/mol. The molecule has 0 spiro atoms. The minimum absolute atomic E-state index is 0.00943. The van der Waals surface area contributed by atoms with Crippen molar-refractivity contribution in [3.8, 4) is 0 Å². The molecular formula is C17H26N2O2. The Hall–Kier alpha value is -1.55. The van der Waals surface area contributed by atoms with Gasteiger partial charge in [0.1, 0.15) is 6.10 Å². The largest absolute Gasteiger partial charge is 0.445 e. The molecule has 1 heterocycles. The van der Waals surface area contributed by atoms with E-state index in [1.807, 2.05) is 26.8 Å². The summed E-state index contributed by atoms with van der Waals surface area (Å²) in [5.74, 6) is 0. The third-order valence-electron chi connectivity index (χ3n) is 3.46.